The van der Waals surface area contributed by atoms with Crippen LogP contribution in [0, 0.1) is 0 Å². The Kier molecular flexibility index (Phi) is 5.37. The molecule has 5 nitrogen and oxygen atoms in total. The molecule has 2 N–H and O–H groups in total. The van der Waals surface area contributed by atoms with Gasteiger partial charge in [0.1, 0.15) is 0 Å². The van der Waals surface area contributed by atoms with Crippen molar-refractivity contribution >= 4 is 9.84 Å². The van der Waals surface area contributed by atoms with Crippen LogP contribution in [0.15, 0.2) is 24.3 Å². The van der Waals surface area contributed by atoms with Crippen LogP contribution in [0.1, 0.15) is 23.6 Å². The van der Waals surface area contributed by atoms with Gasteiger partial charge in [0, 0.05) is 25.7 Å². The van der Waals surface area contributed by atoms with Crippen LogP contribution in [0.25, 0.3) is 0 Å². The minimum absolute atomic E-state index is 0.0416. The lowest BCUT2D eigenvalue weighted by Gasteiger charge is -2.32. The molecule has 118 valence electrons. The van der Waals surface area contributed by atoms with Crippen molar-refractivity contribution in [2.45, 2.75) is 25.1 Å². The molecule has 2 unspecified atom stereocenters. The Labute approximate surface area is 127 Å². The molecule has 2 atom stereocenters. The topological polar surface area (TPSA) is 72.6 Å². The maximum atomic E-state index is 11.6. The summed E-state index contributed by atoms with van der Waals surface area (Å²) in [4.78, 5) is 2.11. The van der Waals surface area contributed by atoms with Gasteiger partial charge in [-0.05, 0) is 24.6 Å². The first-order chi connectivity index (χ1) is 9.96. The molecule has 1 aliphatic heterocycles. The molecule has 6 heteroatoms. The van der Waals surface area contributed by atoms with E-state index in [2.05, 4.69) is 4.90 Å². The van der Waals surface area contributed by atoms with Crippen molar-refractivity contribution in [3.8, 4) is 0 Å². The van der Waals surface area contributed by atoms with Gasteiger partial charge < -0.3 is 10.5 Å². The summed E-state index contributed by atoms with van der Waals surface area (Å²) in [5.74, 6) is 0.522. The molecule has 21 heavy (non-hydrogen) atoms. The summed E-state index contributed by atoms with van der Waals surface area (Å²) in [5, 5.41) is 0. The molecule has 1 aromatic carbocycles. The van der Waals surface area contributed by atoms with Crippen molar-refractivity contribution < 1.29 is 13.2 Å². The third kappa shape index (κ3) is 4.03. The van der Waals surface area contributed by atoms with Gasteiger partial charge in [0.05, 0.1) is 18.1 Å². The second-order valence-electron chi connectivity index (χ2n) is 5.65. The standard InChI is InChI=1S/C15H24N2O3S/c1-17(14-7-8-21(18,19)11-14)15(9-16)13-5-3-12(4-6-13)10-20-2/h3-6,14-15H,7-11,16H2,1-2H3. The number of hydrogen-bond donors (Lipinski definition) is 1. The number of likely N-dealkylation sites (N-methyl/N-ethyl adjacent to an activating group) is 1. The number of sulfone groups is 1. The lowest BCUT2D eigenvalue weighted by Crippen LogP contribution is -2.39. The summed E-state index contributed by atoms with van der Waals surface area (Å²) >= 11 is 0. The summed E-state index contributed by atoms with van der Waals surface area (Å²) in [6.07, 6.45) is 0.692. The summed E-state index contributed by atoms with van der Waals surface area (Å²) in [7, 11) is 0.758. The highest BCUT2D eigenvalue weighted by Crippen LogP contribution is 2.26. The first-order valence-corrected chi connectivity index (χ1v) is 8.99. The van der Waals surface area contributed by atoms with Gasteiger partial charge >= 0.3 is 0 Å². The Morgan fingerprint density at radius 1 is 1.38 bits per heavy atom. The molecule has 2 rings (SSSR count). The first-order valence-electron chi connectivity index (χ1n) is 7.17. The van der Waals surface area contributed by atoms with Crippen molar-refractivity contribution in [3.05, 3.63) is 35.4 Å². The minimum atomic E-state index is -2.88. The van der Waals surface area contributed by atoms with E-state index in [4.69, 9.17) is 10.5 Å². The molecule has 1 heterocycles. The van der Waals surface area contributed by atoms with Crippen LogP contribution in [0.3, 0.4) is 0 Å². The molecule has 1 saturated heterocycles. The van der Waals surface area contributed by atoms with E-state index >= 15 is 0 Å². The van der Waals surface area contributed by atoms with E-state index in [1.54, 1.807) is 7.11 Å². The summed E-state index contributed by atoms with van der Waals surface area (Å²) in [6, 6.07) is 8.25. The summed E-state index contributed by atoms with van der Waals surface area (Å²) in [5.41, 5.74) is 8.15. The van der Waals surface area contributed by atoms with Gasteiger partial charge in [0.15, 0.2) is 9.84 Å². The fourth-order valence-electron chi connectivity index (χ4n) is 2.89. The number of ether oxygens (including phenoxy) is 1. The molecule has 1 aliphatic rings. The molecular formula is C15H24N2O3S. The van der Waals surface area contributed by atoms with E-state index in [9.17, 15) is 8.42 Å². The van der Waals surface area contributed by atoms with E-state index in [1.807, 2.05) is 31.3 Å². The van der Waals surface area contributed by atoms with Crippen LogP contribution in [-0.2, 0) is 21.2 Å². The van der Waals surface area contributed by atoms with Crippen LogP contribution in [0.5, 0.6) is 0 Å². The van der Waals surface area contributed by atoms with Gasteiger partial charge in [-0.1, -0.05) is 24.3 Å². The van der Waals surface area contributed by atoms with Gasteiger partial charge in [-0.2, -0.15) is 0 Å². The average molecular weight is 312 g/mol. The van der Waals surface area contributed by atoms with Crippen LogP contribution >= 0.6 is 0 Å². The SMILES string of the molecule is COCc1ccc(C(CN)N(C)C2CCS(=O)(=O)C2)cc1. The zero-order chi connectivity index (χ0) is 15.5. The number of nitrogens with zero attached hydrogens (tertiary/aromatic N) is 1. The lowest BCUT2D eigenvalue weighted by atomic mass is 10.0. The minimum Gasteiger partial charge on any atom is -0.380 e. The van der Waals surface area contributed by atoms with E-state index in [0.717, 1.165) is 11.1 Å². The van der Waals surface area contributed by atoms with Gasteiger partial charge in [-0.15, -0.1) is 0 Å². The van der Waals surface area contributed by atoms with Crippen molar-refractivity contribution in [2.75, 3.05) is 32.2 Å². The second-order valence-corrected chi connectivity index (χ2v) is 7.88. The molecule has 0 aromatic heterocycles. The smallest absolute Gasteiger partial charge is 0.151 e. The Balaban J connectivity index is 2.11. The van der Waals surface area contributed by atoms with Crippen LogP contribution in [0.2, 0.25) is 0 Å². The molecule has 0 radical (unpaired) electrons. The van der Waals surface area contributed by atoms with Crippen molar-refractivity contribution in [2.24, 2.45) is 5.73 Å². The van der Waals surface area contributed by atoms with Crippen molar-refractivity contribution in [1.82, 2.24) is 4.90 Å². The van der Waals surface area contributed by atoms with Crippen molar-refractivity contribution in [3.63, 3.8) is 0 Å². The third-order valence-electron chi connectivity index (χ3n) is 4.17. The maximum absolute atomic E-state index is 11.6. The molecular weight excluding hydrogens is 288 g/mol. The molecule has 0 aliphatic carbocycles. The normalized spacial score (nSPS) is 22.6. The molecule has 1 fully saturated rings. The van der Waals surface area contributed by atoms with Crippen LogP contribution in [0.4, 0.5) is 0 Å². The quantitative estimate of drug-likeness (QED) is 0.847. The average Bonchev–Trinajstić information content (AvgIpc) is 2.82. The maximum Gasteiger partial charge on any atom is 0.151 e. The number of rotatable bonds is 6. The molecule has 0 amide bonds. The molecule has 0 bridgehead atoms. The van der Waals surface area contributed by atoms with Gasteiger partial charge in [-0.25, -0.2) is 8.42 Å². The Morgan fingerprint density at radius 2 is 2.05 bits per heavy atom. The molecule has 0 spiro atoms. The van der Waals surface area contributed by atoms with E-state index in [1.165, 1.54) is 0 Å². The van der Waals surface area contributed by atoms with E-state index in [-0.39, 0.29) is 23.6 Å². The predicted molar refractivity (Wildman–Crippen MR) is 83.8 cm³/mol. The Bertz CT molecular complexity index is 557. The van der Waals surface area contributed by atoms with Crippen LogP contribution < -0.4 is 5.73 Å². The van der Waals surface area contributed by atoms with Crippen LogP contribution in [-0.4, -0.2) is 51.6 Å². The monoisotopic (exact) mass is 312 g/mol. The fourth-order valence-corrected chi connectivity index (χ4v) is 4.68. The predicted octanol–water partition coefficient (Wildman–Crippen LogP) is 0.952. The van der Waals surface area contributed by atoms with E-state index < -0.39 is 9.84 Å². The lowest BCUT2D eigenvalue weighted by molar-refractivity contribution is 0.184. The highest BCUT2D eigenvalue weighted by Gasteiger charge is 2.33. The Hall–Kier alpha value is -0.950. The highest BCUT2D eigenvalue weighted by atomic mass is 32.2. The number of methoxy groups -OCH3 is 1. The van der Waals surface area contributed by atoms with Gasteiger partial charge in [-0.3, -0.25) is 4.90 Å². The van der Waals surface area contributed by atoms with Gasteiger partial charge in [0.2, 0.25) is 0 Å². The molecule has 1 aromatic rings. The summed E-state index contributed by atoms with van der Waals surface area (Å²) < 4.78 is 28.4. The fraction of sp³-hybridized carbons (Fsp3) is 0.600. The van der Waals surface area contributed by atoms with Gasteiger partial charge in [0.25, 0.3) is 0 Å². The zero-order valence-electron chi connectivity index (χ0n) is 12.7. The second kappa shape index (κ2) is 6.87. The first kappa shape index (κ1) is 16.4. The largest absolute Gasteiger partial charge is 0.380 e. The van der Waals surface area contributed by atoms with E-state index in [0.29, 0.717) is 19.6 Å². The third-order valence-corrected chi connectivity index (χ3v) is 5.93. The number of hydrogen-bond acceptors (Lipinski definition) is 5. The number of benzene rings is 1. The summed E-state index contributed by atoms with van der Waals surface area (Å²) in [6.45, 7) is 1.06. The Morgan fingerprint density at radius 3 is 2.52 bits per heavy atom. The zero-order valence-corrected chi connectivity index (χ0v) is 13.5. The van der Waals surface area contributed by atoms with Crippen molar-refractivity contribution in [1.29, 1.82) is 0 Å². The highest BCUT2D eigenvalue weighted by molar-refractivity contribution is 7.91. The molecule has 0 saturated carbocycles. The number of nitrogens with two attached hydrogens (primary N) is 1.